The van der Waals surface area contributed by atoms with Crippen molar-refractivity contribution in [3.05, 3.63) is 34.5 Å². The summed E-state index contributed by atoms with van der Waals surface area (Å²) in [5, 5.41) is 14.5. The number of likely N-dealkylation sites (tertiary alicyclic amines) is 1. The maximum Gasteiger partial charge on any atom is 0.424 e. The van der Waals surface area contributed by atoms with Crippen molar-refractivity contribution < 1.29 is 18.3 Å². The number of aryl methyl sites for hydroxylation is 3. The highest BCUT2D eigenvalue weighted by atomic mass is 32.1. The van der Waals surface area contributed by atoms with Gasteiger partial charge in [-0.15, -0.1) is 11.3 Å². The number of nitrogens with one attached hydrogen (secondary N) is 1. The van der Waals surface area contributed by atoms with Crippen LogP contribution in [0.25, 0.3) is 10.2 Å². The van der Waals surface area contributed by atoms with E-state index in [9.17, 15) is 18.3 Å². The number of hydrogen-bond donors (Lipinski definition) is 2. The van der Waals surface area contributed by atoms with E-state index in [0.29, 0.717) is 18.2 Å². The van der Waals surface area contributed by atoms with Crippen LogP contribution in [0, 0.1) is 13.8 Å². The molecule has 33 heavy (non-hydrogen) atoms. The van der Waals surface area contributed by atoms with E-state index in [1.54, 1.807) is 11.3 Å². The number of alkyl halides is 3. The lowest BCUT2D eigenvalue weighted by molar-refractivity contribution is -0.271. The number of thiophene rings is 1. The van der Waals surface area contributed by atoms with Crippen LogP contribution in [0.2, 0.25) is 0 Å². The number of aromatic nitrogens is 4. The number of halogens is 3. The predicted molar refractivity (Wildman–Crippen MR) is 122 cm³/mol. The predicted octanol–water partition coefficient (Wildman–Crippen LogP) is 4.28. The van der Waals surface area contributed by atoms with Gasteiger partial charge in [0.15, 0.2) is 0 Å². The molecule has 0 bridgehead atoms. The largest absolute Gasteiger partial charge is 0.424 e. The third kappa shape index (κ3) is 4.71. The van der Waals surface area contributed by atoms with E-state index in [1.807, 2.05) is 13.8 Å². The number of aliphatic hydroxyl groups is 1. The molecule has 1 aliphatic heterocycles. The van der Waals surface area contributed by atoms with E-state index < -0.39 is 24.0 Å². The molecule has 0 radical (unpaired) electrons. The molecule has 0 spiro atoms. The van der Waals surface area contributed by atoms with E-state index >= 15 is 0 Å². The molecule has 1 fully saturated rings. The molecule has 2 N–H and O–H groups in total. The Bertz CT molecular complexity index is 1120. The normalized spacial score (nSPS) is 17.4. The average Bonchev–Trinajstić information content (AvgIpc) is 3.31. The van der Waals surface area contributed by atoms with Crippen LogP contribution < -0.4 is 5.32 Å². The number of imidazole rings is 1. The Morgan fingerprint density at radius 1 is 1.15 bits per heavy atom. The smallest absolute Gasteiger partial charge is 0.374 e. The summed E-state index contributed by atoms with van der Waals surface area (Å²) in [6.45, 7) is 6.43. The van der Waals surface area contributed by atoms with Gasteiger partial charge in [0.05, 0.1) is 11.9 Å². The molecule has 11 heteroatoms. The number of hydrogen-bond acceptors (Lipinski definition) is 7. The van der Waals surface area contributed by atoms with E-state index in [0.717, 1.165) is 46.6 Å². The first-order chi connectivity index (χ1) is 15.6. The summed E-state index contributed by atoms with van der Waals surface area (Å²) in [5.74, 6) is 0.736. The van der Waals surface area contributed by atoms with Crippen molar-refractivity contribution in [3.8, 4) is 0 Å². The molecule has 3 aromatic rings. The SMILES string of the molecule is Cc1sc2nc(CN3CCCCC3)nc(NCC[C@](O)(c3nccn3C)C(F)(F)F)c2c1C. The third-order valence-corrected chi connectivity index (χ3v) is 7.43. The maximum absolute atomic E-state index is 13.9. The number of nitrogens with zero attached hydrogens (tertiary/aromatic N) is 5. The van der Waals surface area contributed by atoms with Gasteiger partial charge < -0.3 is 15.0 Å². The number of piperidine rings is 1. The Morgan fingerprint density at radius 2 is 1.88 bits per heavy atom. The van der Waals surface area contributed by atoms with Gasteiger partial charge in [0.1, 0.15) is 22.3 Å². The quantitative estimate of drug-likeness (QED) is 0.523. The lowest BCUT2D eigenvalue weighted by Crippen LogP contribution is -2.45. The summed E-state index contributed by atoms with van der Waals surface area (Å²) in [6.07, 6.45) is 0.682. The van der Waals surface area contributed by atoms with Gasteiger partial charge in [-0.25, -0.2) is 15.0 Å². The van der Waals surface area contributed by atoms with Gasteiger partial charge in [0.2, 0.25) is 5.60 Å². The van der Waals surface area contributed by atoms with Crippen molar-refractivity contribution in [3.63, 3.8) is 0 Å². The Labute approximate surface area is 194 Å². The standard InChI is InChI=1S/C22H29F3N6OS/c1-14-15(2)33-19-17(14)18(28-16(29-19)13-31-10-5-4-6-11-31)26-8-7-21(32,22(23,24)25)20-27-9-12-30(20)3/h9,12,32H,4-8,10-11,13H2,1-3H3,(H,26,28,29)/t21-/m0/s1. The maximum atomic E-state index is 13.9. The molecule has 4 rings (SSSR count). The molecule has 1 atom stereocenters. The lowest BCUT2D eigenvalue weighted by Gasteiger charge is -2.30. The van der Waals surface area contributed by atoms with Crippen molar-refractivity contribution in [2.75, 3.05) is 25.0 Å². The van der Waals surface area contributed by atoms with Gasteiger partial charge in [-0.1, -0.05) is 6.42 Å². The van der Waals surface area contributed by atoms with Gasteiger partial charge in [0, 0.05) is 37.3 Å². The summed E-state index contributed by atoms with van der Waals surface area (Å²) in [6, 6.07) is 0. The summed E-state index contributed by atoms with van der Waals surface area (Å²) in [5.41, 5.74) is -2.06. The monoisotopic (exact) mass is 482 g/mol. The Morgan fingerprint density at radius 3 is 2.52 bits per heavy atom. The molecule has 0 aliphatic carbocycles. The van der Waals surface area contributed by atoms with Crippen LogP contribution in [-0.4, -0.2) is 55.3 Å². The Balaban J connectivity index is 1.60. The highest BCUT2D eigenvalue weighted by Crippen LogP contribution is 2.41. The Kier molecular flexibility index (Phi) is 6.66. The minimum absolute atomic E-state index is 0.132. The van der Waals surface area contributed by atoms with Crippen LogP contribution in [0.15, 0.2) is 12.4 Å². The first-order valence-electron chi connectivity index (χ1n) is 11.1. The van der Waals surface area contributed by atoms with Gasteiger partial charge in [-0.05, 0) is 45.3 Å². The number of fused-ring (bicyclic) bond motifs is 1. The molecule has 0 aromatic carbocycles. The fourth-order valence-corrected chi connectivity index (χ4v) is 5.36. The van der Waals surface area contributed by atoms with Crippen LogP contribution >= 0.6 is 11.3 Å². The molecule has 3 aromatic heterocycles. The number of anilines is 1. The third-order valence-electron chi connectivity index (χ3n) is 6.33. The van der Waals surface area contributed by atoms with E-state index in [1.165, 1.54) is 30.4 Å². The second-order valence-electron chi connectivity index (χ2n) is 8.69. The zero-order valence-electron chi connectivity index (χ0n) is 19.0. The number of rotatable bonds is 7. The minimum atomic E-state index is -4.87. The Hall–Kier alpha value is -2.24. The molecule has 0 unspecified atom stereocenters. The summed E-state index contributed by atoms with van der Waals surface area (Å²) >= 11 is 1.56. The van der Waals surface area contributed by atoms with Crippen LogP contribution in [-0.2, 0) is 19.2 Å². The fourth-order valence-electron chi connectivity index (χ4n) is 4.32. The van der Waals surface area contributed by atoms with Crippen molar-refractivity contribution >= 4 is 27.4 Å². The average molecular weight is 483 g/mol. The van der Waals surface area contributed by atoms with Crippen LogP contribution in [0.3, 0.4) is 0 Å². The zero-order valence-corrected chi connectivity index (χ0v) is 19.9. The molecule has 1 aliphatic rings. The van der Waals surface area contributed by atoms with Crippen molar-refractivity contribution in [1.29, 1.82) is 0 Å². The van der Waals surface area contributed by atoms with Crippen molar-refractivity contribution in [2.24, 2.45) is 7.05 Å². The molecule has 7 nitrogen and oxygen atoms in total. The van der Waals surface area contributed by atoms with E-state index in [4.69, 9.17) is 9.97 Å². The highest BCUT2D eigenvalue weighted by Gasteiger charge is 2.57. The van der Waals surface area contributed by atoms with E-state index in [2.05, 4.69) is 15.2 Å². The van der Waals surface area contributed by atoms with Crippen LogP contribution in [0.1, 0.15) is 47.8 Å². The fraction of sp³-hybridized carbons (Fsp3) is 0.591. The van der Waals surface area contributed by atoms with Gasteiger partial charge in [-0.2, -0.15) is 13.2 Å². The second-order valence-corrected chi connectivity index (χ2v) is 9.89. The highest BCUT2D eigenvalue weighted by molar-refractivity contribution is 7.18. The molecule has 1 saturated heterocycles. The van der Waals surface area contributed by atoms with E-state index in [-0.39, 0.29) is 6.54 Å². The van der Waals surface area contributed by atoms with Crippen LogP contribution in [0.4, 0.5) is 19.0 Å². The van der Waals surface area contributed by atoms with Crippen molar-refractivity contribution in [1.82, 2.24) is 24.4 Å². The minimum Gasteiger partial charge on any atom is -0.374 e. The summed E-state index contributed by atoms with van der Waals surface area (Å²) in [7, 11) is 1.44. The second kappa shape index (κ2) is 9.19. The molecular weight excluding hydrogens is 453 g/mol. The molecule has 0 saturated carbocycles. The molecule has 0 amide bonds. The molecular formula is C22H29F3N6OS. The van der Waals surface area contributed by atoms with Crippen molar-refractivity contribution in [2.45, 2.75) is 57.9 Å². The summed E-state index contributed by atoms with van der Waals surface area (Å²) in [4.78, 5) is 17.4. The van der Waals surface area contributed by atoms with Crippen LogP contribution in [0.5, 0.6) is 0 Å². The first-order valence-corrected chi connectivity index (χ1v) is 11.9. The summed E-state index contributed by atoms with van der Waals surface area (Å²) < 4.78 is 42.8. The molecule has 180 valence electrons. The lowest BCUT2D eigenvalue weighted by atomic mass is 9.97. The van der Waals surface area contributed by atoms with Gasteiger partial charge in [-0.3, -0.25) is 4.90 Å². The van der Waals surface area contributed by atoms with Gasteiger partial charge >= 0.3 is 6.18 Å². The first kappa shape index (κ1) is 23.9. The van der Waals surface area contributed by atoms with Gasteiger partial charge in [0.25, 0.3) is 0 Å². The zero-order chi connectivity index (χ0) is 23.8. The topological polar surface area (TPSA) is 79.1 Å². The molecule has 4 heterocycles.